The molecule has 0 aliphatic heterocycles. The van der Waals surface area contributed by atoms with Crippen molar-refractivity contribution in [3.05, 3.63) is 193 Å². The van der Waals surface area contributed by atoms with Crippen LogP contribution in [0.25, 0.3) is 99.7 Å². The van der Waals surface area contributed by atoms with Crippen LogP contribution in [0.4, 0.5) is 0 Å². The third-order valence-corrected chi connectivity index (χ3v) is 12.3. The van der Waals surface area contributed by atoms with Crippen LogP contribution in [0.1, 0.15) is 25.0 Å². The Morgan fingerprint density at radius 2 is 0.947 bits per heavy atom. The monoisotopic (exact) mass is 728 g/mol. The van der Waals surface area contributed by atoms with E-state index in [1.165, 1.54) is 66.0 Å². The first kappa shape index (κ1) is 32.0. The van der Waals surface area contributed by atoms with Crippen molar-refractivity contribution >= 4 is 54.5 Å². The van der Waals surface area contributed by atoms with E-state index in [1.54, 1.807) is 0 Å². The smallest absolute Gasteiger partial charge is 0.162 e. The Kier molecular flexibility index (Phi) is 6.65. The standard InChI is InChI=1S/C53H36N4/c1-53(2)43-22-10-6-19-38(43)50-40(21-14-23-44(50)53)51-54-45-24-11-7-20-39(45)52(55-51)57-47-26-13-9-18-37(47)42-32-34(28-30-49(42)57)33-27-29-48-41(31-33)36-17-8-12-25-46(36)56(48)35-15-4-3-5-16-35/h3-32H,1-2H3. The summed E-state index contributed by atoms with van der Waals surface area (Å²) < 4.78 is 4.72. The summed E-state index contributed by atoms with van der Waals surface area (Å²) in [5.74, 6) is 1.62. The Morgan fingerprint density at radius 1 is 0.404 bits per heavy atom. The number of para-hydroxylation sites is 4. The van der Waals surface area contributed by atoms with Crippen molar-refractivity contribution in [2.24, 2.45) is 0 Å². The number of hydrogen-bond donors (Lipinski definition) is 0. The van der Waals surface area contributed by atoms with Gasteiger partial charge in [-0.1, -0.05) is 135 Å². The second-order valence-corrected chi connectivity index (χ2v) is 15.8. The van der Waals surface area contributed by atoms with Gasteiger partial charge in [0.05, 0.1) is 27.6 Å². The van der Waals surface area contributed by atoms with E-state index in [0.717, 1.165) is 44.8 Å². The van der Waals surface area contributed by atoms with Gasteiger partial charge in [-0.3, -0.25) is 4.57 Å². The van der Waals surface area contributed by atoms with Crippen molar-refractivity contribution in [2.75, 3.05) is 0 Å². The van der Waals surface area contributed by atoms with Gasteiger partial charge in [0.25, 0.3) is 0 Å². The van der Waals surface area contributed by atoms with Crippen LogP contribution in [0.5, 0.6) is 0 Å². The quantitative estimate of drug-likeness (QED) is 0.181. The molecule has 0 radical (unpaired) electrons. The molecular weight excluding hydrogens is 693 g/mol. The van der Waals surface area contributed by atoms with Crippen LogP contribution in [-0.2, 0) is 5.41 Å². The molecule has 8 aromatic carbocycles. The fourth-order valence-electron chi connectivity index (χ4n) is 9.68. The molecule has 12 rings (SSSR count). The Labute approximate surface area is 329 Å². The molecule has 4 nitrogen and oxygen atoms in total. The van der Waals surface area contributed by atoms with Crippen LogP contribution >= 0.6 is 0 Å². The molecule has 0 N–H and O–H groups in total. The second kappa shape index (κ2) is 11.8. The molecule has 0 saturated heterocycles. The number of nitrogens with zero attached hydrogens (tertiary/aromatic N) is 4. The van der Waals surface area contributed by atoms with Gasteiger partial charge in [0.1, 0.15) is 5.82 Å². The highest BCUT2D eigenvalue weighted by Gasteiger charge is 2.37. The van der Waals surface area contributed by atoms with Gasteiger partial charge in [-0.05, 0) is 94.0 Å². The zero-order chi connectivity index (χ0) is 37.8. The van der Waals surface area contributed by atoms with E-state index in [0.29, 0.717) is 0 Å². The molecule has 268 valence electrons. The van der Waals surface area contributed by atoms with Gasteiger partial charge < -0.3 is 4.57 Å². The third kappa shape index (κ3) is 4.55. The van der Waals surface area contributed by atoms with Crippen molar-refractivity contribution in [3.8, 4) is 45.1 Å². The minimum atomic E-state index is -0.115. The van der Waals surface area contributed by atoms with Gasteiger partial charge in [-0.15, -0.1) is 0 Å². The maximum absolute atomic E-state index is 5.53. The molecule has 0 fully saturated rings. The largest absolute Gasteiger partial charge is 0.309 e. The van der Waals surface area contributed by atoms with Crippen molar-refractivity contribution in [1.29, 1.82) is 0 Å². The van der Waals surface area contributed by atoms with E-state index in [-0.39, 0.29) is 5.41 Å². The number of fused-ring (bicyclic) bond motifs is 10. The van der Waals surface area contributed by atoms with E-state index in [1.807, 2.05) is 0 Å². The molecule has 3 heterocycles. The Bertz CT molecular complexity index is 3440. The summed E-state index contributed by atoms with van der Waals surface area (Å²) in [5.41, 5.74) is 15.2. The molecule has 0 amide bonds. The van der Waals surface area contributed by atoms with Crippen LogP contribution in [0.15, 0.2) is 182 Å². The Morgan fingerprint density at radius 3 is 1.68 bits per heavy atom. The van der Waals surface area contributed by atoms with Gasteiger partial charge in [0, 0.05) is 43.6 Å². The summed E-state index contributed by atoms with van der Waals surface area (Å²) in [7, 11) is 0. The molecule has 11 aromatic rings. The van der Waals surface area contributed by atoms with E-state index >= 15 is 0 Å². The van der Waals surface area contributed by atoms with Crippen molar-refractivity contribution < 1.29 is 0 Å². The van der Waals surface area contributed by atoms with Gasteiger partial charge in [0.2, 0.25) is 0 Å². The molecule has 0 spiro atoms. The van der Waals surface area contributed by atoms with E-state index < -0.39 is 0 Å². The van der Waals surface area contributed by atoms with Gasteiger partial charge in [-0.25, -0.2) is 9.97 Å². The fraction of sp³-hybridized carbons (Fsp3) is 0.0566. The maximum atomic E-state index is 5.53. The molecule has 0 atom stereocenters. The molecule has 0 bridgehead atoms. The van der Waals surface area contributed by atoms with Crippen LogP contribution in [0.2, 0.25) is 0 Å². The number of hydrogen-bond acceptors (Lipinski definition) is 2. The molecule has 3 aromatic heterocycles. The van der Waals surface area contributed by atoms with Crippen LogP contribution < -0.4 is 0 Å². The summed E-state index contributed by atoms with van der Waals surface area (Å²) >= 11 is 0. The molecule has 0 saturated carbocycles. The van der Waals surface area contributed by atoms with Gasteiger partial charge in [-0.2, -0.15) is 0 Å². The maximum Gasteiger partial charge on any atom is 0.162 e. The molecule has 4 heteroatoms. The average molecular weight is 729 g/mol. The number of rotatable bonds is 4. The summed E-state index contributed by atoms with van der Waals surface area (Å²) in [5, 5.41) is 5.89. The summed E-state index contributed by atoms with van der Waals surface area (Å²) in [6, 6.07) is 65.7. The minimum absolute atomic E-state index is 0.115. The molecule has 1 aliphatic rings. The molecular formula is C53H36N4. The lowest BCUT2D eigenvalue weighted by Crippen LogP contribution is -2.14. The van der Waals surface area contributed by atoms with E-state index in [9.17, 15) is 0 Å². The fourth-order valence-corrected chi connectivity index (χ4v) is 9.68. The Balaban J connectivity index is 1.07. The number of benzene rings is 8. The zero-order valence-corrected chi connectivity index (χ0v) is 31.6. The zero-order valence-electron chi connectivity index (χ0n) is 31.6. The number of aromatic nitrogens is 4. The Hall–Kier alpha value is -7.30. The lowest BCUT2D eigenvalue weighted by molar-refractivity contribution is 0.660. The van der Waals surface area contributed by atoms with E-state index in [2.05, 4.69) is 205 Å². The van der Waals surface area contributed by atoms with Crippen molar-refractivity contribution in [1.82, 2.24) is 19.1 Å². The second-order valence-electron chi connectivity index (χ2n) is 15.8. The average Bonchev–Trinajstić information content (AvgIpc) is 3.86. The van der Waals surface area contributed by atoms with Crippen LogP contribution in [0, 0.1) is 0 Å². The molecule has 57 heavy (non-hydrogen) atoms. The molecule has 0 unspecified atom stereocenters. The first-order valence-corrected chi connectivity index (χ1v) is 19.7. The van der Waals surface area contributed by atoms with Gasteiger partial charge >= 0.3 is 0 Å². The normalized spacial score (nSPS) is 13.2. The van der Waals surface area contributed by atoms with E-state index in [4.69, 9.17) is 9.97 Å². The minimum Gasteiger partial charge on any atom is -0.309 e. The predicted octanol–water partition coefficient (Wildman–Crippen LogP) is 13.5. The van der Waals surface area contributed by atoms with Crippen LogP contribution in [0.3, 0.4) is 0 Å². The first-order chi connectivity index (χ1) is 28.0. The van der Waals surface area contributed by atoms with Crippen LogP contribution in [-0.4, -0.2) is 19.1 Å². The van der Waals surface area contributed by atoms with Crippen molar-refractivity contribution in [3.63, 3.8) is 0 Å². The topological polar surface area (TPSA) is 35.6 Å². The highest BCUT2D eigenvalue weighted by Crippen LogP contribution is 2.52. The lowest BCUT2D eigenvalue weighted by Gasteiger charge is -2.21. The first-order valence-electron chi connectivity index (χ1n) is 19.7. The lowest BCUT2D eigenvalue weighted by atomic mass is 9.82. The van der Waals surface area contributed by atoms with Gasteiger partial charge in [0.15, 0.2) is 5.82 Å². The SMILES string of the molecule is CC1(C)c2ccccc2-c2c(-c3nc(-n4c5ccccc5c5cc(-c6ccc7c(c6)c6ccccc6n7-c6ccccc6)ccc54)c4ccccc4n3)cccc21. The summed E-state index contributed by atoms with van der Waals surface area (Å²) in [6.07, 6.45) is 0. The highest BCUT2D eigenvalue weighted by atomic mass is 15.1. The summed E-state index contributed by atoms with van der Waals surface area (Å²) in [4.78, 5) is 10.8. The third-order valence-electron chi connectivity index (χ3n) is 12.3. The highest BCUT2D eigenvalue weighted by molar-refractivity contribution is 6.13. The van der Waals surface area contributed by atoms with Crippen molar-refractivity contribution in [2.45, 2.75) is 19.3 Å². The molecule has 1 aliphatic carbocycles. The predicted molar refractivity (Wildman–Crippen MR) is 237 cm³/mol. The summed E-state index contributed by atoms with van der Waals surface area (Å²) in [6.45, 7) is 4.64.